The van der Waals surface area contributed by atoms with Gasteiger partial charge in [-0.15, -0.1) is 6.42 Å². The van der Waals surface area contributed by atoms with E-state index in [1.807, 2.05) is 35.2 Å². The van der Waals surface area contributed by atoms with Gasteiger partial charge in [0.25, 0.3) is 0 Å². The number of rotatable bonds is 5. The summed E-state index contributed by atoms with van der Waals surface area (Å²) in [5, 5.41) is 5.42. The number of carbonyl (C=O) groups excluding carboxylic acids is 2. The van der Waals surface area contributed by atoms with Crippen LogP contribution in [0.15, 0.2) is 30.3 Å². The molecule has 1 aliphatic heterocycles. The highest BCUT2D eigenvalue weighted by molar-refractivity contribution is 5.86. The van der Waals surface area contributed by atoms with Crippen LogP contribution in [-0.4, -0.2) is 42.9 Å². The minimum atomic E-state index is -0.463. The summed E-state index contributed by atoms with van der Waals surface area (Å²) in [6.45, 7) is 0.917. The summed E-state index contributed by atoms with van der Waals surface area (Å²) in [5.41, 5.74) is 0.887. The maximum absolute atomic E-state index is 12.4. The number of amides is 2. The van der Waals surface area contributed by atoms with Gasteiger partial charge in [0.05, 0.1) is 12.6 Å². The van der Waals surface area contributed by atoms with Gasteiger partial charge in [0.2, 0.25) is 11.8 Å². The van der Waals surface area contributed by atoms with Gasteiger partial charge >= 0.3 is 0 Å². The third-order valence-corrected chi connectivity index (χ3v) is 3.90. The van der Waals surface area contributed by atoms with E-state index in [-0.39, 0.29) is 24.4 Å². The Kier molecular flexibility index (Phi) is 5.56. The fourth-order valence-corrected chi connectivity index (χ4v) is 2.90. The number of carbonyl (C=O) groups is 2. The average molecular weight is 299 g/mol. The van der Waals surface area contributed by atoms with Crippen LogP contribution in [0, 0.1) is 12.3 Å². The summed E-state index contributed by atoms with van der Waals surface area (Å²) in [7, 11) is 1.61. The van der Waals surface area contributed by atoms with Crippen molar-refractivity contribution in [2.75, 3.05) is 20.1 Å². The van der Waals surface area contributed by atoms with E-state index < -0.39 is 6.04 Å². The van der Waals surface area contributed by atoms with Crippen LogP contribution in [-0.2, 0) is 9.59 Å². The fraction of sp³-hybridized carbons (Fsp3) is 0.412. The van der Waals surface area contributed by atoms with Crippen molar-refractivity contribution in [1.82, 2.24) is 15.5 Å². The van der Waals surface area contributed by atoms with E-state index in [2.05, 4.69) is 16.6 Å². The highest BCUT2D eigenvalue weighted by Gasteiger charge is 2.38. The average Bonchev–Trinajstić information content (AvgIpc) is 3.03. The second kappa shape index (κ2) is 7.62. The lowest BCUT2D eigenvalue weighted by Gasteiger charge is -2.31. The zero-order valence-electron chi connectivity index (χ0n) is 12.7. The molecule has 1 aromatic rings. The number of likely N-dealkylation sites (tertiary alicyclic amines) is 1. The predicted octanol–water partition coefficient (Wildman–Crippen LogP) is 0.688. The molecule has 1 aromatic carbocycles. The number of likely N-dealkylation sites (N-methyl/N-ethyl adjacent to an activating group) is 1. The molecule has 0 aliphatic carbocycles. The molecule has 0 bridgehead atoms. The van der Waals surface area contributed by atoms with Crippen molar-refractivity contribution in [3.8, 4) is 12.3 Å². The van der Waals surface area contributed by atoms with E-state index in [1.165, 1.54) is 0 Å². The topological polar surface area (TPSA) is 61.4 Å². The van der Waals surface area contributed by atoms with Gasteiger partial charge in [-0.25, -0.2) is 0 Å². The van der Waals surface area contributed by atoms with Gasteiger partial charge in [0, 0.05) is 13.6 Å². The van der Waals surface area contributed by atoms with Gasteiger partial charge in [-0.1, -0.05) is 36.3 Å². The van der Waals surface area contributed by atoms with Crippen LogP contribution in [0.5, 0.6) is 0 Å². The summed E-state index contributed by atoms with van der Waals surface area (Å²) in [6.07, 6.45) is 6.80. The van der Waals surface area contributed by atoms with E-state index in [0.717, 1.165) is 18.4 Å². The highest BCUT2D eigenvalue weighted by Crippen LogP contribution is 2.29. The van der Waals surface area contributed by atoms with Crippen LogP contribution >= 0.6 is 0 Å². The van der Waals surface area contributed by atoms with Crippen LogP contribution in [0.1, 0.15) is 24.4 Å². The third-order valence-electron chi connectivity index (χ3n) is 3.90. The molecular formula is C17H21N3O2. The first-order valence-corrected chi connectivity index (χ1v) is 7.42. The molecule has 1 saturated heterocycles. The summed E-state index contributed by atoms with van der Waals surface area (Å²) in [4.78, 5) is 26.6. The number of hydrogen-bond donors (Lipinski definition) is 2. The first kappa shape index (κ1) is 16.1. The number of benzene rings is 1. The SMILES string of the molecule is C#CCNC(=O)C1CCCN1C(C(=O)NC)c1ccccc1. The Labute approximate surface area is 131 Å². The van der Waals surface area contributed by atoms with Crippen LogP contribution < -0.4 is 10.6 Å². The molecule has 116 valence electrons. The maximum atomic E-state index is 12.4. The molecule has 0 aromatic heterocycles. The molecule has 1 aliphatic rings. The van der Waals surface area contributed by atoms with E-state index in [1.54, 1.807) is 7.05 Å². The first-order chi connectivity index (χ1) is 10.7. The van der Waals surface area contributed by atoms with Crippen molar-refractivity contribution in [2.45, 2.75) is 24.9 Å². The van der Waals surface area contributed by atoms with Crippen LogP contribution in [0.2, 0.25) is 0 Å². The van der Waals surface area contributed by atoms with Gasteiger partial charge in [0.1, 0.15) is 6.04 Å². The second-order valence-electron chi connectivity index (χ2n) is 5.25. The summed E-state index contributed by atoms with van der Waals surface area (Å²) < 4.78 is 0. The smallest absolute Gasteiger partial charge is 0.241 e. The molecule has 0 spiro atoms. The largest absolute Gasteiger partial charge is 0.358 e. The highest BCUT2D eigenvalue weighted by atomic mass is 16.2. The monoisotopic (exact) mass is 299 g/mol. The molecule has 2 amide bonds. The van der Waals surface area contributed by atoms with Crippen molar-refractivity contribution in [2.24, 2.45) is 0 Å². The van der Waals surface area contributed by atoms with Crippen molar-refractivity contribution in [3.63, 3.8) is 0 Å². The molecule has 22 heavy (non-hydrogen) atoms. The summed E-state index contributed by atoms with van der Waals surface area (Å²) >= 11 is 0. The van der Waals surface area contributed by atoms with Gasteiger partial charge in [0.15, 0.2) is 0 Å². The Bertz CT molecular complexity index is 565. The Morgan fingerprint density at radius 1 is 1.41 bits per heavy atom. The Hall–Kier alpha value is -2.32. The molecule has 0 radical (unpaired) electrons. The zero-order valence-corrected chi connectivity index (χ0v) is 12.7. The Morgan fingerprint density at radius 3 is 2.77 bits per heavy atom. The number of nitrogens with zero attached hydrogens (tertiary/aromatic N) is 1. The van der Waals surface area contributed by atoms with Gasteiger partial charge in [-0.05, 0) is 18.4 Å². The molecule has 2 rings (SSSR count). The number of nitrogens with one attached hydrogen (secondary N) is 2. The molecule has 5 nitrogen and oxygen atoms in total. The minimum absolute atomic E-state index is 0.108. The van der Waals surface area contributed by atoms with Crippen molar-refractivity contribution in [1.29, 1.82) is 0 Å². The van der Waals surface area contributed by atoms with Crippen molar-refractivity contribution in [3.05, 3.63) is 35.9 Å². The summed E-state index contributed by atoms with van der Waals surface area (Å²) in [5.74, 6) is 2.18. The van der Waals surface area contributed by atoms with Gasteiger partial charge in [-0.2, -0.15) is 0 Å². The molecule has 1 heterocycles. The second-order valence-corrected chi connectivity index (χ2v) is 5.25. The normalized spacial score (nSPS) is 19.2. The van der Waals surface area contributed by atoms with Gasteiger partial charge < -0.3 is 10.6 Å². The molecule has 2 N–H and O–H groups in total. The van der Waals surface area contributed by atoms with Crippen molar-refractivity contribution < 1.29 is 9.59 Å². The molecule has 2 unspecified atom stereocenters. The molecule has 1 fully saturated rings. The number of terminal acetylenes is 1. The van der Waals surface area contributed by atoms with E-state index in [4.69, 9.17) is 6.42 Å². The minimum Gasteiger partial charge on any atom is -0.358 e. The number of hydrogen-bond acceptors (Lipinski definition) is 3. The predicted molar refractivity (Wildman–Crippen MR) is 84.8 cm³/mol. The fourth-order valence-electron chi connectivity index (χ4n) is 2.90. The quantitative estimate of drug-likeness (QED) is 0.786. The first-order valence-electron chi connectivity index (χ1n) is 7.42. The van der Waals surface area contributed by atoms with E-state index in [9.17, 15) is 9.59 Å². The summed E-state index contributed by atoms with van der Waals surface area (Å²) in [6, 6.07) is 8.74. The van der Waals surface area contributed by atoms with Gasteiger partial charge in [-0.3, -0.25) is 14.5 Å². The Balaban J connectivity index is 2.25. The maximum Gasteiger partial charge on any atom is 0.241 e. The zero-order chi connectivity index (χ0) is 15.9. The van der Waals surface area contributed by atoms with Crippen LogP contribution in [0.4, 0.5) is 0 Å². The van der Waals surface area contributed by atoms with Crippen molar-refractivity contribution >= 4 is 11.8 Å². The third kappa shape index (κ3) is 3.46. The van der Waals surface area contributed by atoms with Crippen LogP contribution in [0.25, 0.3) is 0 Å². The lowest BCUT2D eigenvalue weighted by atomic mass is 10.0. The molecule has 2 atom stereocenters. The van der Waals surface area contributed by atoms with Crippen LogP contribution in [0.3, 0.4) is 0 Å². The molecular weight excluding hydrogens is 278 g/mol. The standard InChI is InChI=1S/C17H21N3O2/c1-3-11-19-16(21)14-10-7-12-20(14)15(17(22)18-2)13-8-5-4-6-9-13/h1,4-6,8-9,14-15H,7,10-12H2,2H3,(H,18,22)(H,19,21). The Morgan fingerprint density at radius 2 is 2.14 bits per heavy atom. The van der Waals surface area contributed by atoms with E-state index in [0.29, 0.717) is 6.54 Å². The lowest BCUT2D eigenvalue weighted by molar-refractivity contribution is -0.131. The molecule has 0 saturated carbocycles. The van der Waals surface area contributed by atoms with E-state index >= 15 is 0 Å². The lowest BCUT2D eigenvalue weighted by Crippen LogP contribution is -2.48. The molecule has 5 heteroatoms.